The van der Waals surface area contributed by atoms with Gasteiger partial charge in [-0.15, -0.1) is 11.3 Å². The monoisotopic (exact) mass is 504 g/mol. The fraction of sp³-hybridized carbons (Fsp3) is 0.190. The summed E-state index contributed by atoms with van der Waals surface area (Å²) in [6.45, 7) is -0.565. The lowest BCUT2D eigenvalue weighted by Gasteiger charge is -2.21. The van der Waals surface area contributed by atoms with Crippen LogP contribution in [0.2, 0.25) is 0 Å². The molecule has 0 saturated carbocycles. The Morgan fingerprint density at radius 2 is 1.94 bits per heavy atom. The molecule has 2 aromatic carbocycles. The number of aliphatic hydroxyl groups excluding tert-OH is 2. The van der Waals surface area contributed by atoms with E-state index in [1.165, 1.54) is 11.3 Å². The molecular weight excluding hydrogens is 484 g/mol. The second-order valence-electron chi connectivity index (χ2n) is 6.55. The van der Waals surface area contributed by atoms with Crippen LogP contribution in [0.1, 0.15) is 22.0 Å². The fourth-order valence-corrected chi connectivity index (χ4v) is 3.66. The molecule has 8 nitrogen and oxygen atoms in total. The third-order valence-electron chi connectivity index (χ3n) is 4.29. The van der Waals surface area contributed by atoms with E-state index in [4.69, 9.17) is 5.11 Å². The first-order valence-electron chi connectivity index (χ1n) is 9.36. The highest BCUT2D eigenvalue weighted by atomic mass is 79.9. The normalized spacial score (nSPS) is 12.6. The van der Waals surface area contributed by atoms with Crippen LogP contribution in [0.4, 0.5) is 10.8 Å². The van der Waals surface area contributed by atoms with Crippen LogP contribution in [0.25, 0.3) is 0 Å². The van der Waals surface area contributed by atoms with Crippen molar-refractivity contribution >= 4 is 49.9 Å². The van der Waals surface area contributed by atoms with Crippen LogP contribution in [-0.2, 0) is 4.79 Å². The molecule has 2 unspecified atom stereocenters. The van der Waals surface area contributed by atoms with E-state index in [1.807, 2.05) is 30.3 Å². The van der Waals surface area contributed by atoms with Gasteiger partial charge in [-0.1, -0.05) is 46.3 Å². The minimum Gasteiger partial charge on any atom is -0.394 e. The van der Waals surface area contributed by atoms with Gasteiger partial charge in [-0.2, -0.15) is 0 Å². The van der Waals surface area contributed by atoms with E-state index in [2.05, 4.69) is 36.9 Å². The van der Waals surface area contributed by atoms with E-state index >= 15 is 0 Å². The second-order valence-corrected chi connectivity index (χ2v) is 8.36. The van der Waals surface area contributed by atoms with Crippen molar-refractivity contribution in [2.75, 3.05) is 23.8 Å². The molecule has 0 fully saturated rings. The zero-order valence-electron chi connectivity index (χ0n) is 16.3. The molecule has 0 aliphatic rings. The van der Waals surface area contributed by atoms with Crippen molar-refractivity contribution in [3.63, 3.8) is 0 Å². The van der Waals surface area contributed by atoms with Crippen molar-refractivity contribution in [2.24, 2.45) is 0 Å². The Labute approximate surface area is 191 Å². The second kappa shape index (κ2) is 11.0. The van der Waals surface area contributed by atoms with Gasteiger partial charge in [0, 0.05) is 28.3 Å². The number of carbonyl (C=O) groups excluding carboxylic acids is 2. The number of anilines is 2. The van der Waals surface area contributed by atoms with Crippen LogP contribution in [0, 0.1) is 0 Å². The summed E-state index contributed by atoms with van der Waals surface area (Å²) < 4.78 is 0.675. The number of halogens is 1. The number of aromatic nitrogens is 1. The van der Waals surface area contributed by atoms with E-state index in [0.717, 1.165) is 0 Å². The summed E-state index contributed by atoms with van der Waals surface area (Å²) in [5.41, 5.74) is 1.42. The summed E-state index contributed by atoms with van der Waals surface area (Å²) in [4.78, 5) is 29.8. The van der Waals surface area contributed by atoms with Gasteiger partial charge in [0.15, 0.2) is 5.13 Å². The number of rotatable bonds is 9. The van der Waals surface area contributed by atoms with Crippen molar-refractivity contribution in [2.45, 2.75) is 12.1 Å². The van der Waals surface area contributed by atoms with Crippen LogP contribution in [0.15, 0.2) is 64.6 Å². The molecule has 31 heavy (non-hydrogen) atoms. The highest BCUT2D eigenvalue weighted by Crippen LogP contribution is 2.27. The molecule has 1 heterocycles. The zero-order valence-corrected chi connectivity index (χ0v) is 18.7. The predicted molar refractivity (Wildman–Crippen MR) is 123 cm³/mol. The van der Waals surface area contributed by atoms with Gasteiger partial charge in [-0.05, 0) is 23.8 Å². The molecule has 162 valence electrons. The first-order chi connectivity index (χ1) is 15.0. The van der Waals surface area contributed by atoms with E-state index < -0.39 is 24.7 Å². The number of nitrogens with zero attached hydrogens (tertiary/aromatic N) is 1. The van der Waals surface area contributed by atoms with E-state index in [-0.39, 0.29) is 18.0 Å². The molecule has 1 aromatic heterocycles. The number of nitrogens with one attached hydrogen (secondary N) is 3. The molecule has 0 radical (unpaired) electrons. The highest BCUT2D eigenvalue weighted by molar-refractivity contribution is 9.10. The quantitative estimate of drug-likeness (QED) is 0.305. The van der Waals surface area contributed by atoms with Crippen LogP contribution in [0.5, 0.6) is 0 Å². The number of thiazole rings is 1. The average Bonchev–Trinajstić information content (AvgIpc) is 3.29. The number of benzene rings is 2. The lowest BCUT2D eigenvalue weighted by molar-refractivity contribution is -0.117. The number of hydrogen-bond donors (Lipinski definition) is 5. The number of hydrogen-bond acceptors (Lipinski definition) is 7. The van der Waals surface area contributed by atoms with Crippen molar-refractivity contribution in [3.8, 4) is 0 Å². The lowest BCUT2D eigenvalue weighted by atomic mass is 10.0. The van der Waals surface area contributed by atoms with E-state index in [0.29, 0.717) is 20.9 Å². The average molecular weight is 505 g/mol. The van der Waals surface area contributed by atoms with Crippen LogP contribution in [-0.4, -0.2) is 46.3 Å². The van der Waals surface area contributed by atoms with Gasteiger partial charge >= 0.3 is 0 Å². The Morgan fingerprint density at radius 3 is 2.61 bits per heavy atom. The summed E-state index contributed by atoms with van der Waals surface area (Å²) in [6.07, 6.45) is 0.539. The first-order valence-corrected chi connectivity index (χ1v) is 11.0. The molecule has 0 aliphatic carbocycles. The van der Waals surface area contributed by atoms with Gasteiger partial charge in [0.25, 0.3) is 11.8 Å². The maximum absolute atomic E-state index is 13.0. The van der Waals surface area contributed by atoms with Gasteiger partial charge in [-0.3, -0.25) is 14.9 Å². The Morgan fingerprint density at radius 1 is 1.16 bits per heavy atom. The molecule has 0 aliphatic heterocycles. The molecule has 3 rings (SSSR count). The molecule has 3 aromatic rings. The Bertz CT molecular complexity index is 1020. The fourth-order valence-electron chi connectivity index (χ4n) is 2.76. The van der Waals surface area contributed by atoms with Gasteiger partial charge in [0.2, 0.25) is 0 Å². The predicted octanol–water partition coefficient (Wildman–Crippen LogP) is 2.78. The minimum atomic E-state index is -1.06. The maximum atomic E-state index is 13.0. The Hall–Kier alpha value is -2.79. The largest absolute Gasteiger partial charge is 0.394 e. The smallest absolute Gasteiger partial charge is 0.253 e. The topological polar surface area (TPSA) is 124 Å². The van der Waals surface area contributed by atoms with Gasteiger partial charge in [0.05, 0.1) is 18.3 Å². The minimum absolute atomic E-state index is 0.103. The van der Waals surface area contributed by atoms with Gasteiger partial charge in [-0.25, -0.2) is 4.98 Å². The first kappa shape index (κ1) is 22.9. The molecule has 5 N–H and O–H groups in total. The summed E-state index contributed by atoms with van der Waals surface area (Å²) in [7, 11) is 0. The van der Waals surface area contributed by atoms with Crippen molar-refractivity contribution in [3.05, 3.63) is 75.7 Å². The molecule has 0 spiro atoms. The molecule has 2 amide bonds. The van der Waals surface area contributed by atoms with Gasteiger partial charge < -0.3 is 20.8 Å². The third-order valence-corrected chi connectivity index (χ3v) is 5.47. The number of amides is 2. The summed E-state index contributed by atoms with van der Waals surface area (Å²) in [6, 6.07) is 13.4. The molecule has 0 bridgehead atoms. The number of carbonyl (C=O) groups is 2. The zero-order chi connectivity index (χ0) is 22.2. The molecule has 10 heteroatoms. The Balaban J connectivity index is 1.88. The van der Waals surface area contributed by atoms with Crippen LogP contribution >= 0.6 is 27.3 Å². The van der Waals surface area contributed by atoms with Crippen LogP contribution < -0.4 is 16.0 Å². The lowest BCUT2D eigenvalue weighted by Crippen LogP contribution is -2.34. The maximum Gasteiger partial charge on any atom is 0.253 e. The molecule has 0 saturated heterocycles. The summed E-state index contributed by atoms with van der Waals surface area (Å²) in [5.74, 6) is -0.783. The van der Waals surface area contributed by atoms with Crippen molar-refractivity contribution < 1.29 is 19.8 Å². The van der Waals surface area contributed by atoms with Crippen LogP contribution in [0.3, 0.4) is 0 Å². The standard InChI is InChI=1S/C21H21BrN4O4S/c22-14-6-7-17(16(10-14)19(29)24-11-15(28)12-27)25-18(13-4-2-1-3-5-13)20(30)26-21-23-8-9-31-21/h1-10,15,18,25,27-28H,11-12H2,(H,24,29)(H,23,26,30). The van der Waals surface area contributed by atoms with Crippen molar-refractivity contribution in [1.29, 1.82) is 0 Å². The Kier molecular flexibility index (Phi) is 8.13. The molecular formula is C21H21BrN4O4S. The third kappa shape index (κ3) is 6.34. The van der Waals surface area contributed by atoms with E-state index in [9.17, 15) is 14.7 Å². The van der Waals surface area contributed by atoms with E-state index in [1.54, 1.807) is 29.8 Å². The number of aliphatic hydroxyl groups is 2. The highest BCUT2D eigenvalue weighted by Gasteiger charge is 2.24. The molecule has 2 atom stereocenters. The SMILES string of the molecule is O=C(NCC(O)CO)c1cc(Br)ccc1NC(C(=O)Nc1nccs1)c1ccccc1. The van der Waals surface area contributed by atoms with Crippen molar-refractivity contribution in [1.82, 2.24) is 10.3 Å². The van der Waals surface area contributed by atoms with Gasteiger partial charge in [0.1, 0.15) is 6.04 Å². The summed E-state index contributed by atoms with van der Waals surface area (Å²) >= 11 is 4.66. The summed E-state index contributed by atoms with van der Waals surface area (Å²) in [5, 5.41) is 29.2.